The Labute approximate surface area is 117 Å². The van der Waals surface area contributed by atoms with Gasteiger partial charge in [0.05, 0.1) is 6.10 Å². The zero-order chi connectivity index (χ0) is 16.4. The molecule has 0 fully saturated rings. The van der Waals surface area contributed by atoms with Crippen LogP contribution in [0, 0.1) is 6.92 Å². The lowest BCUT2D eigenvalue weighted by Crippen LogP contribution is -2.47. The molecule has 2 N–H and O–H groups in total. The fourth-order valence-electron chi connectivity index (χ4n) is 1.75. The van der Waals surface area contributed by atoms with Crippen LogP contribution in [0.5, 0.6) is 0 Å². The van der Waals surface area contributed by atoms with Gasteiger partial charge in [-0.2, -0.15) is 26.3 Å². The first-order valence-corrected chi connectivity index (χ1v) is 6.04. The lowest BCUT2D eigenvalue weighted by Gasteiger charge is -2.30. The molecule has 0 spiro atoms. The summed E-state index contributed by atoms with van der Waals surface area (Å²) in [5, 5.41) is 0. The maximum Gasteiger partial charge on any atom is 0.423 e. The van der Waals surface area contributed by atoms with Gasteiger partial charge in [0.1, 0.15) is 0 Å². The van der Waals surface area contributed by atoms with Crippen molar-refractivity contribution in [3.8, 4) is 0 Å². The van der Waals surface area contributed by atoms with Gasteiger partial charge in [-0.25, -0.2) is 0 Å². The van der Waals surface area contributed by atoms with Crippen molar-refractivity contribution in [2.24, 2.45) is 5.73 Å². The van der Waals surface area contributed by atoms with Crippen molar-refractivity contribution in [2.45, 2.75) is 44.4 Å². The van der Waals surface area contributed by atoms with Crippen LogP contribution in [0.2, 0.25) is 0 Å². The summed E-state index contributed by atoms with van der Waals surface area (Å²) in [7, 11) is 0. The highest BCUT2D eigenvalue weighted by atomic mass is 19.4. The predicted octanol–water partition coefficient (Wildman–Crippen LogP) is 3.89. The summed E-state index contributed by atoms with van der Waals surface area (Å²) in [6, 6.07) is 4.87. The Morgan fingerprint density at radius 1 is 0.952 bits per heavy atom. The second kappa shape index (κ2) is 6.23. The predicted molar refractivity (Wildman–Crippen MR) is 64.6 cm³/mol. The van der Waals surface area contributed by atoms with Gasteiger partial charge in [0, 0.05) is 6.04 Å². The van der Waals surface area contributed by atoms with E-state index in [4.69, 9.17) is 5.73 Å². The molecule has 0 aromatic heterocycles. The van der Waals surface area contributed by atoms with Crippen LogP contribution in [0.25, 0.3) is 0 Å². The van der Waals surface area contributed by atoms with Gasteiger partial charge in [-0.15, -0.1) is 0 Å². The van der Waals surface area contributed by atoms with E-state index in [1.54, 1.807) is 19.1 Å². The number of aryl methyl sites for hydroxylation is 1. The van der Waals surface area contributed by atoms with Crippen LogP contribution in [0.1, 0.15) is 24.2 Å². The second-order valence-corrected chi connectivity index (χ2v) is 4.79. The summed E-state index contributed by atoms with van der Waals surface area (Å²) in [6.07, 6.45) is -16.5. The molecule has 0 radical (unpaired) electrons. The zero-order valence-corrected chi connectivity index (χ0v) is 11.3. The van der Waals surface area contributed by atoms with Crippen molar-refractivity contribution in [3.05, 3.63) is 35.4 Å². The molecule has 0 saturated heterocycles. The third kappa shape index (κ3) is 4.89. The van der Waals surface area contributed by atoms with Crippen molar-refractivity contribution in [2.75, 3.05) is 0 Å². The van der Waals surface area contributed by atoms with Gasteiger partial charge >= 0.3 is 12.4 Å². The quantitative estimate of drug-likeness (QED) is 0.856. The van der Waals surface area contributed by atoms with Crippen LogP contribution in [0.4, 0.5) is 26.3 Å². The number of ether oxygens (including phenoxy) is 1. The highest BCUT2D eigenvalue weighted by molar-refractivity contribution is 5.24. The standard InChI is InChI=1S/C13H15F6NO/c1-7-3-5-9(6-4-7)10(8(2)20)21-11(12(14,15)16)13(17,18)19/h3-6,8,10-11H,20H2,1-2H3. The molecule has 1 aromatic rings. The first kappa shape index (κ1) is 17.8. The van der Waals surface area contributed by atoms with E-state index >= 15 is 0 Å². The molecule has 21 heavy (non-hydrogen) atoms. The highest BCUT2D eigenvalue weighted by Crippen LogP contribution is 2.39. The summed E-state index contributed by atoms with van der Waals surface area (Å²) in [5.74, 6) is 0. The van der Waals surface area contributed by atoms with Crippen molar-refractivity contribution in [1.29, 1.82) is 0 Å². The minimum Gasteiger partial charge on any atom is -0.351 e. The maximum absolute atomic E-state index is 12.5. The minimum absolute atomic E-state index is 0.161. The van der Waals surface area contributed by atoms with Crippen LogP contribution in [0.15, 0.2) is 24.3 Å². The molecule has 0 aliphatic heterocycles. The van der Waals surface area contributed by atoms with Crippen molar-refractivity contribution >= 4 is 0 Å². The molecule has 0 aliphatic carbocycles. The van der Waals surface area contributed by atoms with Gasteiger partial charge in [0.25, 0.3) is 0 Å². The van der Waals surface area contributed by atoms with Gasteiger partial charge in [-0.1, -0.05) is 29.8 Å². The highest BCUT2D eigenvalue weighted by Gasteiger charge is 2.59. The molecule has 2 atom stereocenters. The lowest BCUT2D eigenvalue weighted by molar-refractivity contribution is -0.333. The molecule has 120 valence electrons. The second-order valence-electron chi connectivity index (χ2n) is 4.79. The maximum atomic E-state index is 12.5. The lowest BCUT2D eigenvalue weighted by atomic mass is 10.0. The van der Waals surface area contributed by atoms with E-state index in [1.807, 2.05) is 0 Å². The average molecular weight is 315 g/mol. The van der Waals surface area contributed by atoms with E-state index in [2.05, 4.69) is 4.74 Å². The summed E-state index contributed by atoms with van der Waals surface area (Å²) in [6.45, 7) is 3.02. The summed E-state index contributed by atoms with van der Waals surface area (Å²) < 4.78 is 79.5. The molecule has 8 heteroatoms. The third-order valence-corrected chi connectivity index (χ3v) is 2.76. The summed E-state index contributed by atoms with van der Waals surface area (Å²) >= 11 is 0. The Morgan fingerprint density at radius 3 is 1.71 bits per heavy atom. The van der Waals surface area contributed by atoms with Gasteiger partial charge in [-0.3, -0.25) is 0 Å². The van der Waals surface area contributed by atoms with Crippen LogP contribution in [-0.2, 0) is 4.74 Å². The number of benzene rings is 1. The molecule has 1 aromatic carbocycles. The normalized spacial score (nSPS) is 16.1. The molecule has 0 bridgehead atoms. The fourth-order valence-corrected chi connectivity index (χ4v) is 1.75. The van der Waals surface area contributed by atoms with Gasteiger partial charge < -0.3 is 10.5 Å². The van der Waals surface area contributed by atoms with Gasteiger partial charge in [-0.05, 0) is 19.4 Å². The number of hydrogen-bond acceptors (Lipinski definition) is 2. The number of hydrogen-bond donors (Lipinski definition) is 1. The first-order chi connectivity index (χ1) is 9.43. The van der Waals surface area contributed by atoms with Crippen molar-refractivity contribution in [3.63, 3.8) is 0 Å². The Balaban J connectivity index is 3.09. The zero-order valence-electron chi connectivity index (χ0n) is 11.3. The fraction of sp³-hybridized carbons (Fsp3) is 0.538. The summed E-state index contributed by atoms with van der Waals surface area (Å²) in [4.78, 5) is 0. The SMILES string of the molecule is Cc1ccc(C(OC(C(F)(F)F)C(F)(F)F)C(C)N)cc1. The van der Waals surface area contributed by atoms with Gasteiger partial charge in [0.2, 0.25) is 6.10 Å². The van der Waals surface area contributed by atoms with E-state index in [0.29, 0.717) is 0 Å². The Morgan fingerprint density at radius 2 is 1.38 bits per heavy atom. The molecule has 2 unspecified atom stereocenters. The van der Waals surface area contributed by atoms with Crippen molar-refractivity contribution in [1.82, 2.24) is 0 Å². The molecule has 1 rings (SSSR count). The average Bonchev–Trinajstić information content (AvgIpc) is 2.27. The van der Waals surface area contributed by atoms with E-state index in [1.165, 1.54) is 19.1 Å². The van der Waals surface area contributed by atoms with Gasteiger partial charge in [0.15, 0.2) is 0 Å². The summed E-state index contributed by atoms with van der Waals surface area (Å²) in [5.41, 5.74) is 6.45. The molecular formula is C13H15F6NO. The number of nitrogens with two attached hydrogens (primary N) is 1. The molecule has 0 saturated carbocycles. The van der Waals surface area contributed by atoms with Crippen LogP contribution >= 0.6 is 0 Å². The monoisotopic (exact) mass is 315 g/mol. The Bertz CT molecular complexity index is 437. The molecular weight excluding hydrogens is 300 g/mol. The van der Waals surface area contributed by atoms with E-state index < -0.39 is 30.6 Å². The van der Waals surface area contributed by atoms with Crippen LogP contribution in [-0.4, -0.2) is 24.5 Å². The van der Waals surface area contributed by atoms with E-state index in [0.717, 1.165) is 5.56 Å². The largest absolute Gasteiger partial charge is 0.423 e. The number of alkyl halides is 6. The van der Waals surface area contributed by atoms with E-state index in [-0.39, 0.29) is 5.56 Å². The number of rotatable bonds is 4. The molecule has 0 aliphatic rings. The topological polar surface area (TPSA) is 35.2 Å². The van der Waals surface area contributed by atoms with Crippen molar-refractivity contribution < 1.29 is 31.1 Å². The van der Waals surface area contributed by atoms with Crippen LogP contribution in [0.3, 0.4) is 0 Å². The smallest absolute Gasteiger partial charge is 0.351 e. The molecule has 0 heterocycles. The van der Waals surface area contributed by atoms with Crippen LogP contribution < -0.4 is 5.73 Å². The molecule has 2 nitrogen and oxygen atoms in total. The Hall–Kier alpha value is -1.28. The number of halogens is 6. The third-order valence-electron chi connectivity index (χ3n) is 2.76. The Kier molecular flexibility index (Phi) is 5.27. The first-order valence-electron chi connectivity index (χ1n) is 6.04. The van der Waals surface area contributed by atoms with E-state index in [9.17, 15) is 26.3 Å². The minimum atomic E-state index is -5.56. The molecule has 0 amide bonds.